The van der Waals surface area contributed by atoms with Crippen molar-refractivity contribution in [2.45, 2.75) is 18.2 Å². The molecule has 0 aliphatic carbocycles. The maximum absolute atomic E-state index is 3.69. The number of benzene rings is 1. The van der Waals surface area contributed by atoms with E-state index in [-0.39, 0.29) is 0 Å². The minimum atomic E-state index is 1.08. The van der Waals surface area contributed by atoms with Crippen LogP contribution >= 0.6 is 11.8 Å². The van der Waals surface area contributed by atoms with Gasteiger partial charge in [0.2, 0.25) is 0 Å². The third-order valence-electron chi connectivity index (χ3n) is 1.61. The SMILES string of the molecule is C=CCCSc1ccc(C)cc1. The van der Waals surface area contributed by atoms with Gasteiger partial charge in [0, 0.05) is 10.6 Å². The molecule has 0 N–H and O–H groups in total. The van der Waals surface area contributed by atoms with Gasteiger partial charge in [-0.25, -0.2) is 0 Å². The van der Waals surface area contributed by atoms with Crippen LogP contribution in [0.4, 0.5) is 0 Å². The Labute approximate surface area is 78.7 Å². The Morgan fingerprint density at radius 1 is 1.33 bits per heavy atom. The Balaban J connectivity index is 2.42. The molecule has 1 aromatic carbocycles. The summed E-state index contributed by atoms with van der Waals surface area (Å²) in [5.74, 6) is 1.13. The number of rotatable bonds is 4. The number of allylic oxidation sites excluding steroid dienone is 1. The number of thioether (sulfide) groups is 1. The first kappa shape index (κ1) is 9.40. The molecular formula is C11H14S. The second kappa shape index (κ2) is 5.04. The lowest BCUT2D eigenvalue weighted by Crippen LogP contribution is -1.76. The van der Waals surface area contributed by atoms with Crippen LogP contribution in [-0.4, -0.2) is 5.75 Å². The lowest BCUT2D eigenvalue weighted by Gasteiger charge is -1.99. The standard InChI is InChI=1S/C11H14S/c1-3-4-9-12-11-7-5-10(2)6-8-11/h3,5-8H,1,4,9H2,2H3. The molecular weight excluding hydrogens is 164 g/mol. The molecule has 0 saturated carbocycles. The molecule has 1 heteroatoms. The van der Waals surface area contributed by atoms with Gasteiger partial charge in [0.15, 0.2) is 0 Å². The lowest BCUT2D eigenvalue weighted by atomic mass is 10.2. The van der Waals surface area contributed by atoms with Crippen molar-refractivity contribution in [3.8, 4) is 0 Å². The summed E-state index contributed by atoms with van der Waals surface area (Å²) in [6.07, 6.45) is 3.04. The summed E-state index contributed by atoms with van der Waals surface area (Å²) in [6, 6.07) is 8.64. The maximum Gasteiger partial charge on any atom is 0.00722 e. The van der Waals surface area contributed by atoms with Crippen molar-refractivity contribution < 1.29 is 0 Å². The Bertz CT molecular complexity index is 236. The smallest absolute Gasteiger partial charge is 0.00722 e. The number of aryl methyl sites for hydroxylation is 1. The monoisotopic (exact) mass is 178 g/mol. The van der Waals surface area contributed by atoms with E-state index >= 15 is 0 Å². The molecule has 0 heterocycles. The molecule has 0 unspecified atom stereocenters. The third-order valence-corrected chi connectivity index (χ3v) is 2.66. The van der Waals surface area contributed by atoms with E-state index < -0.39 is 0 Å². The van der Waals surface area contributed by atoms with Gasteiger partial charge < -0.3 is 0 Å². The normalized spacial score (nSPS) is 9.75. The van der Waals surface area contributed by atoms with E-state index in [0.29, 0.717) is 0 Å². The van der Waals surface area contributed by atoms with Gasteiger partial charge in [0.25, 0.3) is 0 Å². The van der Waals surface area contributed by atoms with Crippen molar-refractivity contribution in [2.75, 3.05) is 5.75 Å². The molecule has 0 aliphatic rings. The van der Waals surface area contributed by atoms with E-state index in [4.69, 9.17) is 0 Å². The Hall–Kier alpha value is -0.690. The van der Waals surface area contributed by atoms with Crippen molar-refractivity contribution in [2.24, 2.45) is 0 Å². The molecule has 0 aliphatic heterocycles. The van der Waals surface area contributed by atoms with E-state index in [1.165, 1.54) is 10.5 Å². The molecule has 12 heavy (non-hydrogen) atoms. The number of hydrogen-bond acceptors (Lipinski definition) is 1. The van der Waals surface area contributed by atoms with Crippen molar-refractivity contribution in [3.05, 3.63) is 42.5 Å². The van der Waals surface area contributed by atoms with E-state index in [0.717, 1.165) is 12.2 Å². The fourth-order valence-corrected chi connectivity index (χ4v) is 1.74. The largest absolute Gasteiger partial charge is 0.126 e. The highest BCUT2D eigenvalue weighted by Crippen LogP contribution is 2.18. The second-order valence-electron chi connectivity index (χ2n) is 2.74. The first-order valence-electron chi connectivity index (χ1n) is 4.13. The average molecular weight is 178 g/mol. The van der Waals surface area contributed by atoms with Crippen molar-refractivity contribution in [1.82, 2.24) is 0 Å². The average Bonchev–Trinajstić information content (AvgIpc) is 2.09. The molecule has 0 aromatic heterocycles. The summed E-state index contributed by atoms with van der Waals surface area (Å²) in [5, 5.41) is 0. The van der Waals surface area contributed by atoms with Crippen molar-refractivity contribution in [3.63, 3.8) is 0 Å². The van der Waals surface area contributed by atoms with Gasteiger partial charge in [0.1, 0.15) is 0 Å². The molecule has 1 aromatic rings. The molecule has 0 amide bonds. The molecule has 0 spiro atoms. The molecule has 0 bridgehead atoms. The van der Waals surface area contributed by atoms with Crippen LogP contribution in [-0.2, 0) is 0 Å². The number of hydrogen-bond donors (Lipinski definition) is 0. The summed E-state index contributed by atoms with van der Waals surface area (Å²) >= 11 is 1.88. The maximum atomic E-state index is 3.69. The predicted octanol–water partition coefficient (Wildman–Crippen LogP) is 3.66. The van der Waals surface area contributed by atoms with Crippen LogP contribution in [0, 0.1) is 6.92 Å². The molecule has 0 radical (unpaired) electrons. The van der Waals surface area contributed by atoms with Crippen LogP contribution in [0.5, 0.6) is 0 Å². The minimum Gasteiger partial charge on any atom is -0.126 e. The summed E-state index contributed by atoms with van der Waals surface area (Å²) in [4.78, 5) is 1.35. The molecule has 64 valence electrons. The Morgan fingerprint density at radius 3 is 2.58 bits per heavy atom. The van der Waals surface area contributed by atoms with Crippen LogP contribution in [0.1, 0.15) is 12.0 Å². The molecule has 0 nitrogen and oxygen atoms in total. The van der Waals surface area contributed by atoms with Crippen LogP contribution in [0.25, 0.3) is 0 Å². The van der Waals surface area contributed by atoms with Gasteiger partial charge in [-0.1, -0.05) is 23.8 Å². The van der Waals surface area contributed by atoms with Gasteiger partial charge in [0.05, 0.1) is 0 Å². The van der Waals surface area contributed by atoms with Crippen LogP contribution in [0.3, 0.4) is 0 Å². The topological polar surface area (TPSA) is 0 Å². The van der Waals surface area contributed by atoms with Crippen LogP contribution in [0.15, 0.2) is 41.8 Å². The quantitative estimate of drug-likeness (QED) is 0.385. The van der Waals surface area contributed by atoms with Gasteiger partial charge in [-0.15, -0.1) is 18.3 Å². The summed E-state index contributed by atoms with van der Waals surface area (Å²) in [5.41, 5.74) is 1.32. The van der Waals surface area contributed by atoms with Gasteiger partial charge in [-0.2, -0.15) is 0 Å². The van der Waals surface area contributed by atoms with Crippen molar-refractivity contribution >= 4 is 11.8 Å². The predicted molar refractivity (Wildman–Crippen MR) is 56.7 cm³/mol. The fourth-order valence-electron chi connectivity index (χ4n) is 0.895. The molecule has 0 fully saturated rings. The van der Waals surface area contributed by atoms with E-state index in [2.05, 4.69) is 37.8 Å². The Morgan fingerprint density at radius 2 is 2.00 bits per heavy atom. The highest BCUT2D eigenvalue weighted by molar-refractivity contribution is 7.99. The molecule has 0 atom stereocenters. The highest BCUT2D eigenvalue weighted by Gasteiger charge is 1.91. The second-order valence-corrected chi connectivity index (χ2v) is 3.91. The zero-order valence-electron chi connectivity index (χ0n) is 7.42. The summed E-state index contributed by atoms with van der Waals surface area (Å²) in [6.45, 7) is 5.80. The van der Waals surface area contributed by atoms with Crippen molar-refractivity contribution in [1.29, 1.82) is 0 Å². The highest BCUT2D eigenvalue weighted by atomic mass is 32.2. The van der Waals surface area contributed by atoms with E-state index in [1.54, 1.807) is 0 Å². The van der Waals surface area contributed by atoms with Crippen LogP contribution < -0.4 is 0 Å². The first-order chi connectivity index (χ1) is 5.83. The van der Waals surface area contributed by atoms with Gasteiger partial charge in [-0.3, -0.25) is 0 Å². The van der Waals surface area contributed by atoms with Gasteiger partial charge >= 0.3 is 0 Å². The molecule has 1 rings (SSSR count). The summed E-state index contributed by atoms with van der Waals surface area (Å²) in [7, 11) is 0. The first-order valence-corrected chi connectivity index (χ1v) is 5.12. The lowest BCUT2D eigenvalue weighted by molar-refractivity contribution is 1.24. The van der Waals surface area contributed by atoms with E-state index in [9.17, 15) is 0 Å². The minimum absolute atomic E-state index is 1.08. The molecule has 0 saturated heterocycles. The van der Waals surface area contributed by atoms with Crippen LogP contribution in [0.2, 0.25) is 0 Å². The third kappa shape index (κ3) is 3.14. The zero-order valence-corrected chi connectivity index (χ0v) is 8.23. The van der Waals surface area contributed by atoms with E-state index in [1.807, 2.05) is 17.8 Å². The summed E-state index contributed by atoms with van der Waals surface area (Å²) < 4.78 is 0. The fraction of sp³-hybridized carbons (Fsp3) is 0.273. The van der Waals surface area contributed by atoms with Gasteiger partial charge in [-0.05, 0) is 25.5 Å². The zero-order chi connectivity index (χ0) is 8.81. The Kier molecular flexibility index (Phi) is 3.95.